The summed E-state index contributed by atoms with van der Waals surface area (Å²) in [7, 11) is 0.383. The maximum atomic E-state index is 11.2. The minimum Gasteiger partial charge on any atom is -0.378 e. The smallest absolute Gasteiger partial charge is 0.112 e. The second-order valence-corrected chi connectivity index (χ2v) is 19.4. The number of nitrogens with zero attached hydrogens (tertiary/aromatic N) is 1. The molecule has 53 heavy (non-hydrogen) atoms. The lowest BCUT2D eigenvalue weighted by Gasteiger charge is -2.39. The minimum absolute atomic E-state index is 0.216. The molecule has 278 valence electrons. The molecule has 0 spiro atoms. The second-order valence-electron chi connectivity index (χ2n) is 15.0. The van der Waals surface area contributed by atoms with Crippen molar-refractivity contribution in [1.82, 2.24) is 4.90 Å². The van der Waals surface area contributed by atoms with E-state index in [1.54, 1.807) is 0 Å². The summed E-state index contributed by atoms with van der Waals surface area (Å²) in [6, 6.07) is 48.8. The van der Waals surface area contributed by atoms with E-state index in [0.717, 1.165) is 25.7 Å². The molecule has 5 heteroatoms. The first-order valence-electron chi connectivity index (χ1n) is 20.0. The molecule has 1 unspecified atom stereocenters. The number of hydrogen-bond donors (Lipinski definition) is 1. The zero-order valence-electron chi connectivity index (χ0n) is 31.4. The van der Waals surface area contributed by atoms with E-state index in [-0.39, 0.29) is 6.04 Å². The van der Waals surface area contributed by atoms with Crippen molar-refractivity contribution >= 4 is 46.4 Å². The number of rotatable bonds is 19. The summed E-state index contributed by atoms with van der Waals surface area (Å²) in [4.78, 5) is 2.20. The van der Waals surface area contributed by atoms with Crippen LogP contribution < -0.4 is 15.9 Å². The molecule has 0 radical (unpaired) electrons. The number of aliphatic hydroxyl groups excluding tert-OH is 1. The maximum Gasteiger partial charge on any atom is 0.112 e. The van der Waals surface area contributed by atoms with Crippen LogP contribution in [-0.4, -0.2) is 29.4 Å². The number of hydrogen-bond acceptors (Lipinski definition) is 2. The predicted octanol–water partition coefficient (Wildman–Crippen LogP) is 12.5. The molecule has 1 aliphatic rings. The molecule has 0 fully saturated rings. The molecule has 0 amide bonds. The van der Waals surface area contributed by atoms with Gasteiger partial charge < -0.3 is 5.11 Å². The van der Waals surface area contributed by atoms with Gasteiger partial charge in [0.2, 0.25) is 0 Å². The van der Waals surface area contributed by atoms with E-state index in [2.05, 4.69) is 133 Å². The molecule has 6 rings (SSSR count). The zero-order chi connectivity index (χ0) is 36.9. The third-order valence-corrected chi connectivity index (χ3v) is 16.8. The van der Waals surface area contributed by atoms with Gasteiger partial charge in [0.05, 0.1) is 16.2 Å². The first kappa shape index (κ1) is 39.7. The highest BCUT2D eigenvalue weighted by atomic mass is 35.5. The lowest BCUT2D eigenvalue weighted by Crippen LogP contribution is -2.37. The number of unbranched alkanes of at least 4 members (excludes halogenated alkanes) is 9. The van der Waals surface area contributed by atoms with E-state index < -0.39 is 13.5 Å². The van der Waals surface area contributed by atoms with E-state index in [9.17, 15) is 5.11 Å². The van der Waals surface area contributed by atoms with Gasteiger partial charge in [-0.05, 0) is 111 Å². The fourth-order valence-electron chi connectivity index (χ4n) is 8.65. The highest BCUT2D eigenvalue weighted by Crippen LogP contribution is 2.56. The van der Waals surface area contributed by atoms with E-state index in [4.69, 9.17) is 23.2 Å². The molecule has 0 aliphatic heterocycles. The Morgan fingerprint density at radius 2 is 1.04 bits per heavy atom. The molecule has 0 saturated heterocycles. The number of benzene rings is 5. The van der Waals surface area contributed by atoms with Crippen LogP contribution in [0.4, 0.5) is 0 Å². The minimum atomic E-state index is -1.71. The van der Waals surface area contributed by atoms with Gasteiger partial charge in [0.25, 0.3) is 0 Å². The number of halogens is 2. The lowest BCUT2D eigenvalue weighted by atomic mass is 9.76. The van der Waals surface area contributed by atoms with Crippen LogP contribution in [0.2, 0.25) is 10.0 Å². The summed E-state index contributed by atoms with van der Waals surface area (Å²) in [5.74, 6) is 0.294. The van der Waals surface area contributed by atoms with Crippen molar-refractivity contribution in [3.8, 4) is 0 Å². The predicted molar refractivity (Wildman–Crippen MR) is 231 cm³/mol. The lowest BCUT2D eigenvalue weighted by molar-refractivity contribution is -0.0190. The van der Waals surface area contributed by atoms with Crippen LogP contribution in [0.25, 0.3) is 0 Å². The van der Waals surface area contributed by atoms with Gasteiger partial charge in [-0.1, -0.05) is 153 Å². The van der Waals surface area contributed by atoms with Gasteiger partial charge in [0.1, 0.15) is 29.4 Å². The maximum absolute atomic E-state index is 11.2. The van der Waals surface area contributed by atoms with Gasteiger partial charge in [-0.25, -0.2) is 0 Å². The summed E-state index contributed by atoms with van der Waals surface area (Å²) in [6.45, 7) is 0. The molecular weight excluding hydrogens is 708 g/mol. The van der Waals surface area contributed by atoms with Crippen molar-refractivity contribution in [2.24, 2.45) is 0 Å². The molecule has 3 atom stereocenters. The van der Waals surface area contributed by atoms with Gasteiger partial charge in [-0.2, -0.15) is 0 Å². The van der Waals surface area contributed by atoms with Crippen molar-refractivity contribution in [3.05, 3.63) is 160 Å². The molecule has 0 aromatic heterocycles. The van der Waals surface area contributed by atoms with Gasteiger partial charge in [0.15, 0.2) is 0 Å². The Hall–Kier alpha value is -2.97. The molecular formula is C48H57Cl2NOP+. The third-order valence-electron chi connectivity index (χ3n) is 11.6. The highest BCUT2D eigenvalue weighted by molar-refractivity contribution is 7.95. The van der Waals surface area contributed by atoms with Crippen LogP contribution in [0.3, 0.4) is 0 Å². The quantitative estimate of drug-likeness (QED) is 0.0514. The summed E-state index contributed by atoms with van der Waals surface area (Å²) < 4.78 is 0. The third kappa shape index (κ3) is 10.0. The van der Waals surface area contributed by atoms with Crippen molar-refractivity contribution in [2.45, 2.75) is 102 Å². The van der Waals surface area contributed by atoms with Gasteiger partial charge >= 0.3 is 0 Å². The van der Waals surface area contributed by atoms with Crippen LogP contribution >= 0.6 is 30.5 Å². The summed E-state index contributed by atoms with van der Waals surface area (Å²) in [6.07, 6.45) is 16.3. The van der Waals surface area contributed by atoms with E-state index in [1.807, 2.05) is 12.1 Å². The molecule has 0 bridgehead atoms. The first-order valence-corrected chi connectivity index (χ1v) is 22.7. The Kier molecular flexibility index (Phi) is 15.1. The largest absolute Gasteiger partial charge is 0.378 e. The average Bonchev–Trinajstić information content (AvgIpc) is 3.21. The Bertz CT molecular complexity index is 1720. The van der Waals surface area contributed by atoms with E-state index in [1.165, 1.54) is 96.6 Å². The molecule has 5 aromatic carbocycles. The summed E-state index contributed by atoms with van der Waals surface area (Å²) in [5, 5.41) is 16.9. The first-order chi connectivity index (χ1) is 26.0. The van der Waals surface area contributed by atoms with Crippen molar-refractivity contribution in [1.29, 1.82) is 0 Å². The summed E-state index contributed by atoms with van der Waals surface area (Å²) >= 11 is 12.6. The Balaban J connectivity index is 0.895. The van der Waals surface area contributed by atoms with Crippen molar-refractivity contribution in [3.63, 3.8) is 0 Å². The fourth-order valence-corrected chi connectivity index (χ4v) is 13.4. The fraction of sp³-hybridized carbons (Fsp3) is 0.375. The Morgan fingerprint density at radius 3 is 1.57 bits per heavy atom. The number of fused-ring (bicyclic) bond motifs is 1. The standard InChI is InChI=1S/C48H57Cl2NOP/c1-51(47-35-33-42(43-29-20-21-30-44(43)47)38-32-34-45(49)46(50)37-38)48(52)31-19-8-6-4-2-3-5-7-9-22-36-53(39-23-13-10-14-24-39,40-25-15-11-16-26-40)41-27-17-12-18-28-41/h10-18,20-21,23-30,32,34,37,42,47-48,52H,2-9,19,22,31,33,35-36H2,1H3/q+1/t42-,47-,48?/m0/s1. The molecule has 1 aliphatic carbocycles. The normalized spacial score (nSPS) is 16.4. The molecule has 5 aromatic rings. The van der Waals surface area contributed by atoms with Gasteiger partial charge in [0, 0.05) is 12.0 Å². The second kappa shape index (κ2) is 20.1. The summed E-state index contributed by atoms with van der Waals surface area (Å²) in [5.41, 5.74) is 3.87. The average molecular weight is 766 g/mol. The van der Waals surface area contributed by atoms with Crippen molar-refractivity contribution < 1.29 is 5.11 Å². The molecule has 0 saturated carbocycles. The Labute approximate surface area is 329 Å². The highest BCUT2D eigenvalue weighted by Gasteiger charge is 2.44. The Morgan fingerprint density at radius 1 is 0.566 bits per heavy atom. The van der Waals surface area contributed by atoms with Gasteiger partial charge in [-0.15, -0.1) is 0 Å². The van der Waals surface area contributed by atoms with E-state index >= 15 is 0 Å². The van der Waals surface area contributed by atoms with Gasteiger partial charge in [-0.3, -0.25) is 4.90 Å². The van der Waals surface area contributed by atoms with Crippen LogP contribution in [0, 0.1) is 0 Å². The molecule has 2 nitrogen and oxygen atoms in total. The monoisotopic (exact) mass is 764 g/mol. The van der Waals surface area contributed by atoms with E-state index in [0.29, 0.717) is 16.0 Å². The van der Waals surface area contributed by atoms with Crippen molar-refractivity contribution in [2.75, 3.05) is 13.2 Å². The zero-order valence-corrected chi connectivity index (χ0v) is 33.8. The van der Waals surface area contributed by atoms with Crippen LogP contribution in [0.15, 0.2) is 133 Å². The van der Waals surface area contributed by atoms with Crippen LogP contribution in [0.5, 0.6) is 0 Å². The molecule has 0 heterocycles. The molecule has 1 N–H and O–H groups in total. The van der Waals surface area contributed by atoms with Crippen LogP contribution in [0.1, 0.15) is 112 Å². The van der Waals surface area contributed by atoms with Crippen LogP contribution in [-0.2, 0) is 0 Å². The SMILES string of the molecule is CN(C(O)CCCCCCCCCCCC[P+](c1ccccc1)(c1ccccc1)c1ccccc1)[C@H]1CC[C@@H](c2ccc(Cl)c(Cl)c2)c2ccccc21. The topological polar surface area (TPSA) is 23.5 Å². The number of aliphatic hydroxyl groups is 1.